The lowest BCUT2D eigenvalue weighted by molar-refractivity contribution is -0.122. The van der Waals surface area contributed by atoms with Gasteiger partial charge in [0.1, 0.15) is 5.75 Å². The van der Waals surface area contributed by atoms with Crippen LogP contribution in [-0.4, -0.2) is 32.7 Å². The molecule has 1 amide bonds. The van der Waals surface area contributed by atoms with E-state index in [9.17, 15) is 13.2 Å². The average Bonchev–Trinajstić information content (AvgIpc) is 2.64. The van der Waals surface area contributed by atoms with Gasteiger partial charge in [-0.25, -0.2) is 8.42 Å². The first-order chi connectivity index (χ1) is 12.3. The Hall–Kier alpha value is -1.96. The number of rotatable bonds is 4. The first-order valence-electron chi connectivity index (χ1n) is 7.84. The quantitative estimate of drug-likeness (QED) is 0.829. The lowest BCUT2D eigenvalue weighted by Crippen LogP contribution is -2.49. The van der Waals surface area contributed by atoms with Crippen LogP contribution in [0.25, 0.3) is 0 Å². The summed E-state index contributed by atoms with van der Waals surface area (Å²) in [5, 5.41) is 3.15. The van der Waals surface area contributed by atoms with Crippen molar-refractivity contribution in [2.45, 2.75) is 13.0 Å². The zero-order valence-corrected chi connectivity index (χ0v) is 16.1. The lowest BCUT2D eigenvalue weighted by Gasteiger charge is -2.34. The molecule has 0 aliphatic carbocycles. The molecule has 0 saturated heterocycles. The van der Waals surface area contributed by atoms with E-state index in [1.54, 1.807) is 49.4 Å². The summed E-state index contributed by atoms with van der Waals surface area (Å²) in [6.45, 7) is 1.42. The van der Waals surface area contributed by atoms with E-state index in [-0.39, 0.29) is 17.3 Å². The number of benzene rings is 2. The molecule has 0 unspecified atom stereocenters. The van der Waals surface area contributed by atoms with Crippen LogP contribution < -0.4 is 14.4 Å². The predicted molar refractivity (Wildman–Crippen MR) is 103 cm³/mol. The van der Waals surface area contributed by atoms with E-state index in [0.717, 1.165) is 0 Å². The maximum atomic E-state index is 12.6. The number of nitrogens with one attached hydrogen (secondary N) is 1. The van der Waals surface area contributed by atoms with Gasteiger partial charge in [-0.3, -0.25) is 9.10 Å². The van der Waals surface area contributed by atoms with E-state index in [2.05, 4.69) is 5.32 Å². The second-order valence-corrected chi connectivity index (χ2v) is 8.56. The van der Waals surface area contributed by atoms with Crippen molar-refractivity contribution in [3.63, 3.8) is 0 Å². The summed E-state index contributed by atoms with van der Waals surface area (Å²) < 4.78 is 31.8. The molecule has 0 aromatic heterocycles. The van der Waals surface area contributed by atoms with Gasteiger partial charge in [-0.15, -0.1) is 0 Å². The predicted octanol–water partition coefficient (Wildman–Crippen LogP) is 3.55. The molecule has 1 atom stereocenters. The molecule has 2 aromatic rings. The van der Waals surface area contributed by atoms with Crippen molar-refractivity contribution in [2.75, 3.05) is 21.9 Å². The molecule has 138 valence electrons. The Balaban J connectivity index is 1.90. The van der Waals surface area contributed by atoms with Crippen LogP contribution in [0.1, 0.15) is 6.92 Å². The van der Waals surface area contributed by atoms with Crippen LogP contribution in [0.2, 0.25) is 10.0 Å². The van der Waals surface area contributed by atoms with Crippen LogP contribution in [0.3, 0.4) is 0 Å². The highest BCUT2D eigenvalue weighted by Crippen LogP contribution is 2.36. The smallest absolute Gasteiger partial charge is 0.267 e. The number of para-hydroxylation sites is 2. The molecule has 1 heterocycles. The topological polar surface area (TPSA) is 75.7 Å². The maximum Gasteiger partial charge on any atom is 0.267 e. The van der Waals surface area contributed by atoms with Crippen LogP contribution in [-0.2, 0) is 14.8 Å². The molecule has 3 rings (SSSR count). The van der Waals surface area contributed by atoms with Crippen molar-refractivity contribution in [1.82, 2.24) is 0 Å². The Kier molecular flexibility index (Phi) is 5.32. The fourth-order valence-corrected chi connectivity index (χ4v) is 4.04. The van der Waals surface area contributed by atoms with Gasteiger partial charge in [-0.1, -0.05) is 41.4 Å². The molecular formula is C17H16Cl2N2O4S. The van der Waals surface area contributed by atoms with Crippen molar-refractivity contribution in [2.24, 2.45) is 0 Å². The van der Waals surface area contributed by atoms with Crippen molar-refractivity contribution in [1.29, 1.82) is 0 Å². The molecule has 0 saturated carbocycles. The van der Waals surface area contributed by atoms with Gasteiger partial charge in [0.2, 0.25) is 10.0 Å². The second kappa shape index (κ2) is 7.34. The van der Waals surface area contributed by atoms with Crippen molar-refractivity contribution in [3.05, 3.63) is 52.5 Å². The monoisotopic (exact) mass is 414 g/mol. The van der Waals surface area contributed by atoms with Gasteiger partial charge in [0, 0.05) is 0 Å². The number of halogens is 2. The van der Waals surface area contributed by atoms with Gasteiger partial charge in [-0.05, 0) is 31.2 Å². The number of anilines is 2. The van der Waals surface area contributed by atoms with Crippen LogP contribution in [0.4, 0.5) is 11.4 Å². The SMILES string of the molecule is CCS(=O)(=O)N1C[C@@H](C(=O)Nc2cccc(Cl)c2Cl)Oc2ccccc21. The summed E-state index contributed by atoms with van der Waals surface area (Å²) in [6.07, 6.45) is -1.03. The Morgan fingerprint density at radius 2 is 1.96 bits per heavy atom. The minimum atomic E-state index is -3.56. The van der Waals surface area contributed by atoms with Crippen LogP contribution >= 0.6 is 23.2 Å². The number of ether oxygens (including phenoxy) is 1. The third kappa shape index (κ3) is 3.60. The first kappa shape index (κ1) is 18.8. The van der Waals surface area contributed by atoms with Crippen LogP contribution in [0.5, 0.6) is 5.75 Å². The number of hydrogen-bond acceptors (Lipinski definition) is 4. The Labute approximate surface area is 161 Å². The van der Waals surface area contributed by atoms with E-state index < -0.39 is 22.0 Å². The summed E-state index contributed by atoms with van der Waals surface area (Å²) in [6, 6.07) is 11.5. The van der Waals surface area contributed by atoms with Gasteiger partial charge in [-0.2, -0.15) is 0 Å². The normalized spacial score (nSPS) is 16.6. The van der Waals surface area contributed by atoms with E-state index in [0.29, 0.717) is 22.1 Å². The molecular weight excluding hydrogens is 399 g/mol. The molecule has 0 fully saturated rings. The molecule has 2 aromatic carbocycles. The van der Waals surface area contributed by atoms with Crippen LogP contribution in [0, 0.1) is 0 Å². The summed E-state index contributed by atoms with van der Waals surface area (Å²) in [4.78, 5) is 12.6. The van der Waals surface area contributed by atoms with E-state index in [1.165, 1.54) is 4.31 Å². The number of hydrogen-bond donors (Lipinski definition) is 1. The second-order valence-electron chi connectivity index (χ2n) is 5.60. The third-order valence-corrected chi connectivity index (χ3v) is 6.50. The fraction of sp³-hybridized carbons (Fsp3) is 0.235. The van der Waals surface area contributed by atoms with E-state index >= 15 is 0 Å². The highest BCUT2D eigenvalue weighted by molar-refractivity contribution is 7.92. The minimum absolute atomic E-state index is 0.0875. The Morgan fingerprint density at radius 1 is 1.23 bits per heavy atom. The summed E-state index contributed by atoms with van der Waals surface area (Å²) in [5.41, 5.74) is 0.746. The number of fused-ring (bicyclic) bond motifs is 1. The summed E-state index contributed by atoms with van der Waals surface area (Å²) in [5.74, 6) is -0.274. The summed E-state index contributed by atoms with van der Waals surface area (Å²) in [7, 11) is -3.56. The Bertz CT molecular complexity index is 950. The molecule has 0 spiro atoms. The summed E-state index contributed by atoms with van der Waals surface area (Å²) >= 11 is 12.0. The molecule has 1 aliphatic heterocycles. The van der Waals surface area contributed by atoms with Crippen LogP contribution in [0.15, 0.2) is 42.5 Å². The van der Waals surface area contributed by atoms with Gasteiger partial charge in [0.15, 0.2) is 6.10 Å². The lowest BCUT2D eigenvalue weighted by atomic mass is 10.2. The van der Waals surface area contributed by atoms with Gasteiger partial charge < -0.3 is 10.1 Å². The highest BCUT2D eigenvalue weighted by atomic mass is 35.5. The minimum Gasteiger partial charge on any atom is -0.476 e. The third-order valence-electron chi connectivity index (χ3n) is 3.94. The molecule has 26 heavy (non-hydrogen) atoms. The van der Waals surface area contributed by atoms with Crippen molar-refractivity contribution < 1.29 is 17.9 Å². The molecule has 0 radical (unpaired) electrons. The number of sulfonamides is 1. The number of amides is 1. The fourth-order valence-electron chi connectivity index (χ4n) is 2.57. The molecule has 0 bridgehead atoms. The van der Waals surface area contributed by atoms with Crippen molar-refractivity contribution >= 4 is 50.5 Å². The van der Waals surface area contributed by atoms with E-state index in [4.69, 9.17) is 27.9 Å². The van der Waals surface area contributed by atoms with Crippen molar-refractivity contribution in [3.8, 4) is 5.75 Å². The average molecular weight is 415 g/mol. The number of carbonyl (C=O) groups is 1. The first-order valence-corrected chi connectivity index (χ1v) is 10.2. The molecule has 1 N–H and O–H groups in total. The van der Waals surface area contributed by atoms with Gasteiger partial charge >= 0.3 is 0 Å². The van der Waals surface area contributed by atoms with E-state index in [1.807, 2.05) is 0 Å². The molecule has 6 nitrogen and oxygen atoms in total. The molecule has 1 aliphatic rings. The standard InChI is InChI=1S/C17H16Cl2N2O4S/c1-2-26(23,24)21-10-15(25-14-9-4-3-8-13(14)21)17(22)20-12-7-5-6-11(18)16(12)19/h3-9,15H,2,10H2,1H3,(H,20,22)/t15-/m0/s1. The van der Waals surface area contributed by atoms with Gasteiger partial charge in [0.25, 0.3) is 5.91 Å². The maximum absolute atomic E-state index is 12.6. The zero-order valence-electron chi connectivity index (χ0n) is 13.8. The largest absolute Gasteiger partial charge is 0.476 e. The molecule has 9 heteroatoms. The number of nitrogens with zero attached hydrogens (tertiary/aromatic N) is 1. The van der Waals surface area contributed by atoms with Gasteiger partial charge in [0.05, 0.1) is 33.7 Å². The number of carbonyl (C=O) groups excluding carboxylic acids is 1. The Morgan fingerprint density at radius 3 is 2.69 bits per heavy atom. The highest BCUT2D eigenvalue weighted by Gasteiger charge is 2.36. The zero-order chi connectivity index (χ0) is 18.9.